The smallest absolute Gasteiger partial charge is 0.320 e. The van der Waals surface area contributed by atoms with Crippen molar-refractivity contribution < 1.29 is 23.4 Å². The number of benzene rings is 2. The van der Waals surface area contributed by atoms with Crippen LogP contribution in [0.3, 0.4) is 0 Å². The van der Waals surface area contributed by atoms with E-state index in [1.54, 1.807) is 21.3 Å². The maximum absolute atomic E-state index is 7.04. The van der Waals surface area contributed by atoms with Gasteiger partial charge in [-0.15, -0.1) is 10.2 Å². The lowest BCUT2D eigenvalue weighted by Crippen LogP contribution is -2.79. The fourth-order valence-corrected chi connectivity index (χ4v) is 9.01. The maximum Gasteiger partial charge on any atom is 0.320 e. The van der Waals surface area contributed by atoms with Crippen LogP contribution < -0.4 is 24.4 Å². The fourth-order valence-electron chi connectivity index (χ4n) is 9.01. The Labute approximate surface area is 246 Å². The molecule has 43 heavy (non-hydrogen) atoms. The molecule has 4 bridgehead atoms. The molecule has 2 spiro atoms. The third-order valence-corrected chi connectivity index (χ3v) is 10.7. The minimum atomic E-state index is -0.844. The number of fused-ring (bicyclic) bond motifs is 1. The van der Waals surface area contributed by atoms with Crippen molar-refractivity contribution in [3.8, 4) is 17.2 Å². The van der Waals surface area contributed by atoms with Crippen LogP contribution in [0.2, 0.25) is 0 Å². The minimum absolute atomic E-state index is 0.0468. The molecule has 0 amide bonds. The quantitative estimate of drug-likeness (QED) is 0.308. The van der Waals surface area contributed by atoms with Gasteiger partial charge in [-0.2, -0.15) is 5.21 Å². The Hall–Kier alpha value is -4.65. The van der Waals surface area contributed by atoms with Gasteiger partial charge in [-0.3, -0.25) is 0 Å². The highest BCUT2D eigenvalue weighted by Gasteiger charge is 2.80. The van der Waals surface area contributed by atoms with Gasteiger partial charge in [-0.1, -0.05) is 28.4 Å². The van der Waals surface area contributed by atoms with E-state index in [2.05, 4.69) is 59.3 Å². The molecular weight excluding hydrogens is 552 g/mol. The Morgan fingerprint density at radius 1 is 1.02 bits per heavy atom. The molecule has 6 aliphatic rings. The van der Waals surface area contributed by atoms with Gasteiger partial charge >= 0.3 is 6.01 Å². The SMILES string of the molecule is COc1ccc(Nc2nnc([C@H]3C[C@@]45C=C[C@]3(OC)[C@@H]3Oc6c(OC)ccc7c6[C@@]34CCN(c3nn[nH]n3)[C@@H]5C7)o2)cc1. The normalized spacial score (nSPS) is 32.3. The fraction of sp³-hybridized carbons (Fsp3) is 0.433. The van der Waals surface area contributed by atoms with Crippen molar-refractivity contribution in [1.29, 1.82) is 0 Å². The second-order valence-electron chi connectivity index (χ2n) is 12.0. The van der Waals surface area contributed by atoms with Gasteiger partial charge in [0, 0.05) is 36.4 Å². The molecule has 10 rings (SSSR count). The summed E-state index contributed by atoms with van der Waals surface area (Å²) in [5.41, 5.74) is 1.77. The number of tetrazole rings is 1. The number of hydrogen-bond donors (Lipinski definition) is 2. The zero-order valence-electron chi connectivity index (χ0n) is 23.9. The molecule has 2 aromatic carbocycles. The summed E-state index contributed by atoms with van der Waals surface area (Å²) >= 11 is 0. The Morgan fingerprint density at radius 2 is 1.91 bits per heavy atom. The average Bonchev–Trinajstić information content (AvgIpc) is 3.81. The lowest BCUT2D eigenvalue weighted by molar-refractivity contribution is -0.181. The van der Waals surface area contributed by atoms with Crippen LogP contribution in [-0.2, 0) is 16.6 Å². The molecule has 13 heteroatoms. The first kappa shape index (κ1) is 24.9. The number of nitrogens with one attached hydrogen (secondary N) is 2. The molecule has 1 saturated carbocycles. The van der Waals surface area contributed by atoms with E-state index in [0.717, 1.165) is 48.7 Å². The van der Waals surface area contributed by atoms with E-state index in [-0.39, 0.29) is 28.9 Å². The molecule has 4 heterocycles. The number of rotatable bonds is 7. The molecule has 6 atom stereocenters. The third-order valence-electron chi connectivity index (χ3n) is 10.7. The van der Waals surface area contributed by atoms with Crippen molar-refractivity contribution in [1.82, 2.24) is 30.8 Å². The molecule has 2 fully saturated rings. The summed E-state index contributed by atoms with van der Waals surface area (Å²) < 4.78 is 31.0. The van der Waals surface area contributed by atoms with Gasteiger partial charge in [0.1, 0.15) is 17.5 Å². The van der Waals surface area contributed by atoms with Gasteiger partial charge < -0.3 is 33.6 Å². The minimum Gasteiger partial charge on any atom is -0.497 e. The Balaban J connectivity index is 1.19. The van der Waals surface area contributed by atoms with Crippen molar-refractivity contribution >= 4 is 17.7 Å². The molecule has 2 N–H and O–H groups in total. The number of aromatic amines is 1. The second-order valence-corrected chi connectivity index (χ2v) is 12.0. The summed E-state index contributed by atoms with van der Waals surface area (Å²) in [7, 11) is 5.08. The Morgan fingerprint density at radius 3 is 2.67 bits per heavy atom. The first-order valence-corrected chi connectivity index (χ1v) is 14.4. The topological polar surface area (TPSA) is 146 Å². The number of aromatic nitrogens is 6. The molecule has 4 aliphatic carbocycles. The largest absolute Gasteiger partial charge is 0.497 e. The van der Waals surface area contributed by atoms with E-state index in [1.807, 2.05) is 30.3 Å². The predicted octanol–water partition coefficient (Wildman–Crippen LogP) is 3.31. The van der Waals surface area contributed by atoms with Crippen molar-refractivity contribution in [3.05, 3.63) is 65.6 Å². The monoisotopic (exact) mass is 582 g/mol. The highest BCUT2D eigenvalue weighted by molar-refractivity contribution is 5.67. The molecule has 0 radical (unpaired) electrons. The highest BCUT2D eigenvalue weighted by Crippen LogP contribution is 2.75. The van der Waals surface area contributed by atoms with Crippen LogP contribution in [0, 0.1) is 5.41 Å². The Kier molecular flexibility index (Phi) is 4.90. The number of nitrogens with zero attached hydrogens (tertiary/aromatic N) is 6. The number of methoxy groups -OCH3 is 3. The molecule has 220 valence electrons. The van der Waals surface area contributed by atoms with Gasteiger partial charge in [0.25, 0.3) is 5.95 Å². The lowest BCUT2D eigenvalue weighted by Gasteiger charge is -2.70. The van der Waals surface area contributed by atoms with Crippen LogP contribution in [-0.4, -0.2) is 76.4 Å². The first-order valence-electron chi connectivity index (χ1n) is 14.4. The predicted molar refractivity (Wildman–Crippen MR) is 152 cm³/mol. The molecule has 1 saturated heterocycles. The number of H-pyrrole nitrogens is 1. The van der Waals surface area contributed by atoms with Gasteiger partial charge in [-0.05, 0) is 60.4 Å². The molecule has 2 aliphatic heterocycles. The number of piperidine rings is 1. The van der Waals surface area contributed by atoms with Crippen LogP contribution in [0.1, 0.15) is 35.8 Å². The molecular formula is C30H30N8O5. The van der Waals surface area contributed by atoms with Gasteiger partial charge in [0.2, 0.25) is 5.89 Å². The highest BCUT2D eigenvalue weighted by atomic mass is 16.6. The summed E-state index contributed by atoms with van der Waals surface area (Å²) in [6, 6.07) is 12.1. The standard InChI is InChI=1S/C30H30N8O5/c1-39-18-7-5-17(6-8-18)31-27-35-32-24(43-27)19-15-28-10-11-30(19,41-3)25-29(28)12-13-38(26-33-36-37-34-26)21(28)14-16-4-9-20(40-2)23(42-25)22(16)29/h4-11,19,21,25H,12-15H2,1-3H3,(H,31,35)(H,33,34,36,37)/t19-,21-,25-,28-,29+,30-/m1/s1. The zero-order valence-corrected chi connectivity index (χ0v) is 23.9. The maximum atomic E-state index is 7.04. The van der Waals surface area contributed by atoms with Crippen LogP contribution in [0.5, 0.6) is 17.2 Å². The second kappa shape index (κ2) is 8.47. The Bertz CT molecular complexity index is 1760. The summed E-state index contributed by atoms with van der Waals surface area (Å²) in [5, 5.41) is 27.5. The molecule has 0 unspecified atom stereocenters. The van der Waals surface area contributed by atoms with Crippen molar-refractivity contribution in [2.75, 3.05) is 38.1 Å². The summed E-state index contributed by atoms with van der Waals surface area (Å²) in [6.45, 7) is 0.761. The van der Waals surface area contributed by atoms with E-state index in [9.17, 15) is 0 Å². The number of hydrogen-bond acceptors (Lipinski definition) is 12. The van der Waals surface area contributed by atoms with Gasteiger partial charge in [0.05, 0.1) is 25.6 Å². The van der Waals surface area contributed by atoms with Crippen molar-refractivity contribution in [3.63, 3.8) is 0 Å². The van der Waals surface area contributed by atoms with E-state index >= 15 is 0 Å². The van der Waals surface area contributed by atoms with Crippen LogP contribution >= 0.6 is 0 Å². The summed E-state index contributed by atoms with van der Waals surface area (Å²) in [6.07, 6.45) is 6.56. The third kappa shape index (κ3) is 2.92. The summed E-state index contributed by atoms with van der Waals surface area (Å²) in [5.74, 6) is 3.15. The van der Waals surface area contributed by atoms with E-state index < -0.39 is 5.60 Å². The zero-order chi connectivity index (χ0) is 29.0. The number of anilines is 3. The van der Waals surface area contributed by atoms with Crippen LogP contribution in [0.25, 0.3) is 0 Å². The number of ether oxygens (including phenoxy) is 4. The molecule has 4 aromatic rings. The van der Waals surface area contributed by atoms with E-state index in [1.165, 1.54) is 11.1 Å². The molecule has 13 nitrogen and oxygen atoms in total. The van der Waals surface area contributed by atoms with Gasteiger partial charge in [-0.25, -0.2) is 0 Å². The van der Waals surface area contributed by atoms with Crippen LogP contribution in [0.4, 0.5) is 17.7 Å². The van der Waals surface area contributed by atoms with E-state index in [0.29, 0.717) is 17.9 Å². The van der Waals surface area contributed by atoms with Gasteiger partial charge in [0.15, 0.2) is 11.5 Å². The average molecular weight is 583 g/mol. The first-order chi connectivity index (χ1) is 21.1. The van der Waals surface area contributed by atoms with E-state index in [4.69, 9.17) is 23.4 Å². The summed E-state index contributed by atoms with van der Waals surface area (Å²) in [4.78, 5) is 2.30. The van der Waals surface area contributed by atoms with Crippen molar-refractivity contribution in [2.24, 2.45) is 5.41 Å². The van der Waals surface area contributed by atoms with Crippen LogP contribution in [0.15, 0.2) is 53.0 Å². The lowest BCUT2D eigenvalue weighted by atomic mass is 9.37. The van der Waals surface area contributed by atoms with Crippen molar-refractivity contribution in [2.45, 2.75) is 48.3 Å². The molecule has 2 aromatic heterocycles.